The molecule has 0 N–H and O–H groups in total. The third kappa shape index (κ3) is 3.78. The number of anilines is 1. The lowest BCUT2D eigenvalue weighted by Gasteiger charge is -2.43. The first-order chi connectivity index (χ1) is 12.8. The van der Waals surface area contributed by atoms with E-state index in [1.165, 1.54) is 4.88 Å². The zero-order valence-corrected chi connectivity index (χ0v) is 17.4. The monoisotopic (exact) mass is 424 g/mol. The zero-order chi connectivity index (χ0) is 19.2. The predicted octanol–water partition coefficient (Wildman–Crippen LogP) is 2.77. The van der Waals surface area contributed by atoms with E-state index in [4.69, 9.17) is 11.6 Å². The zero-order valence-electron chi connectivity index (χ0n) is 15.0. The highest BCUT2D eigenvalue weighted by molar-refractivity contribution is 7.91. The second kappa shape index (κ2) is 7.20. The molecule has 2 atom stereocenters. The molecule has 27 heavy (non-hydrogen) atoms. The Labute approximate surface area is 168 Å². The van der Waals surface area contributed by atoms with Gasteiger partial charge in [-0.25, -0.2) is 8.42 Å². The molecule has 2 aliphatic rings. The van der Waals surface area contributed by atoms with Crippen LogP contribution in [0.2, 0.25) is 5.02 Å². The molecule has 4 rings (SSSR count). The Morgan fingerprint density at radius 2 is 2.00 bits per heavy atom. The summed E-state index contributed by atoms with van der Waals surface area (Å²) in [6.07, 6.45) is 0.824. The molecule has 3 heterocycles. The van der Waals surface area contributed by atoms with Crippen LogP contribution >= 0.6 is 22.9 Å². The number of benzene rings is 1. The maximum absolute atomic E-state index is 13.0. The SMILES string of the molecule is Cc1ccc(N2C(=O)CN(CCc3cccs3)C3CS(=O)(=O)CC32)cc1Cl. The van der Waals surface area contributed by atoms with Gasteiger partial charge < -0.3 is 4.90 Å². The highest BCUT2D eigenvalue weighted by Gasteiger charge is 2.49. The summed E-state index contributed by atoms with van der Waals surface area (Å²) in [5, 5.41) is 2.61. The summed E-state index contributed by atoms with van der Waals surface area (Å²) < 4.78 is 24.8. The molecule has 2 fully saturated rings. The molecule has 1 aromatic heterocycles. The molecule has 2 aromatic rings. The predicted molar refractivity (Wildman–Crippen MR) is 110 cm³/mol. The van der Waals surface area contributed by atoms with E-state index in [9.17, 15) is 13.2 Å². The van der Waals surface area contributed by atoms with E-state index < -0.39 is 9.84 Å². The van der Waals surface area contributed by atoms with E-state index in [-0.39, 0.29) is 36.0 Å². The van der Waals surface area contributed by atoms with Crippen LogP contribution in [0.1, 0.15) is 10.4 Å². The normalized spacial score (nSPS) is 25.0. The van der Waals surface area contributed by atoms with Crippen LogP contribution in [0.15, 0.2) is 35.7 Å². The average molecular weight is 425 g/mol. The molecule has 1 aromatic carbocycles. The average Bonchev–Trinajstić information content (AvgIpc) is 3.22. The van der Waals surface area contributed by atoms with Crippen LogP contribution in [0.3, 0.4) is 0 Å². The standard InChI is InChI=1S/C19H21ClN2O3S2/c1-13-4-5-14(9-16(13)20)22-18-12-27(24,25)11-17(18)21(10-19(22)23)7-6-15-3-2-8-26-15/h2-5,8-9,17-18H,6-7,10-12H2,1H3. The lowest BCUT2D eigenvalue weighted by molar-refractivity contribution is -0.123. The molecule has 0 saturated carbocycles. The number of hydrogen-bond acceptors (Lipinski definition) is 5. The smallest absolute Gasteiger partial charge is 0.241 e. The first-order valence-corrected chi connectivity index (χ1v) is 12.0. The maximum Gasteiger partial charge on any atom is 0.241 e. The summed E-state index contributed by atoms with van der Waals surface area (Å²) in [5.41, 5.74) is 1.61. The Balaban J connectivity index is 1.62. The molecule has 0 aliphatic carbocycles. The van der Waals surface area contributed by atoms with Crippen LogP contribution < -0.4 is 4.90 Å². The number of sulfone groups is 1. The van der Waals surface area contributed by atoms with Crippen LogP contribution in [-0.2, 0) is 21.1 Å². The number of aryl methyl sites for hydroxylation is 1. The van der Waals surface area contributed by atoms with Crippen molar-refractivity contribution in [1.29, 1.82) is 0 Å². The summed E-state index contributed by atoms with van der Waals surface area (Å²) in [5.74, 6) is 0.0371. The lowest BCUT2D eigenvalue weighted by atomic mass is 10.0. The van der Waals surface area contributed by atoms with Crippen molar-refractivity contribution < 1.29 is 13.2 Å². The highest BCUT2D eigenvalue weighted by Crippen LogP contribution is 2.33. The quantitative estimate of drug-likeness (QED) is 0.757. The van der Waals surface area contributed by atoms with Crippen LogP contribution in [0, 0.1) is 6.92 Å². The van der Waals surface area contributed by atoms with Crippen LogP contribution in [0.5, 0.6) is 0 Å². The molecular formula is C19H21ClN2O3S2. The van der Waals surface area contributed by atoms with E-state index in [1.54, 1.807) is 22.3 Å². The van der Waals surface area contributed by atoms with E-state index in [0.29, 0.717) is 17.3 Å². The molecule has 0 spiro atoms. The molecule has 1 amide bonds. The number of carbonyl (C=O) groups is 1. The largest absolute Gasteiger partial charge is 0.306 e. The minimum atomic E-state index is -3.18. The fourth-order valence-corrected chi connectivity index (χ4v) is 6.83. The minimum Gasteiger partial charge on any atom is -0.306 e. The van der Waals surface area contributed by atoms with Crippen molar-refractivity contribution in [3.8, 4) is 0 Å². The Hall–Kier alpha value is -1.41. The minimum absolute atomic E-state index is 0.00437. The molecular weight excluding hydrogens is 404 g/mol. The van der Waals surface area contributed by atoms with E-state index in [1.807, 2.05) is 35.4 Å². The first kappa shape index (κ1) is 18.9. The number of halogens is 1. The van der Waals surface area contributed by atoms with Crippen LogP contribution in [0.4, 0.5) is 5.69 Å². The van der Waals surface area contributed by atoms with Gasteiger partial charge in [0.2, 0.25) is 5.91 Å². The van der Waals surface area contributed by atoms with Gasteiger partial charge >= 0.3 is 0 Å². The van der Waals surface area contributed by atoms with Gasteiger partial charge in [-0.1, -0.05) is 23.7 Å². The van der Waals surface area contributed by atoms with Crippen molar-refractivity contribution in [3.63, 3.8) is 0 Å². The van der Waals surface area contributed by atoms with Crippen LogP contribution in [-0.4, -0.2) is 55.9 Å². The van der Waals surface area contributed by atoms with Crippen molar-refractivity contribution in [1.82, 2.24) is 4.90 Å². The number of carbonyl (C=O) groups excluding carboxylic acids is 1. The highest BCUT2D eigenvalue weighted by atomic mass is 35.5. The van der Waals surface area contributed by atoms with Gasteiger partial charge in [0.05, 0.1) is 24.1 Å². The summed E-state index contributed by atoms with van der Waals surface area (Å²) in [6, 6.07) is 9.02. The third-order valence-electron chi connectivity index (χ3n) is 5.36. The van der Waals surface area contributed by atoms with Crippen molar-refractivity contribution >= 4 is 44.4 Å². The van der Waals surface area contributed by atoms with Gasteiger partial charge in [0, 0.05) is 28.2 Å². The number of thiophene rings is 1. The van der Waals surface area contributed by atoms with Crippen molar-refractivity contribution in [2.75, 3.05) is 29.5 Å². The Morgan fingerprint density at radius 1 is 1.22 bits per heavy atom. The molecule has 144 valence electrons. The van der Waals surface area contributed by atoms with Gasteiger partial charge in [-0.15, -0.1) is 11.3 Å². The number of rotatable bonds is 4. The van der Waals surface area contributed by atoms with Gasteiger partial charge in [0.1, 0.15) is 0 Å². The lowest BCUT2D eigenvalue weighted by Crippen LogP contribution is -2.62. The van der Waals surface area contributed by atoms with Gasteiger partial charge in [-0.2, -0.15) is 0 Å². The molecule has 8 heteroatoms. The van der Waals surface area contributed by atoms with Crippen molar-refractivity contribution in [2.45, 2.75) is 25.4 Å². The van der Waals surface area contributed by atoms with Gasteiger partial charge in [-0.3, -0.25) is 9.69 Å². The number of nitrogens with zero attached hydrogens (tertiary/aromatic N) is 2. The maximum atomic E-state index is 13.0. The Kier molecular flexibility index (Phi) is 5.05. The molecule has 2 unspecified atom stereocenters. The van der Waals surface area contributed by atoms with Gasteiger partial charge in [0.25, 0.3) is 0 Å². The second-order valence-corrected chi connectivity index (χ2v) is 10.8. The summed E-state index contributed by atoms with van der Waals surface area (Å²) in [7, 11) is -3.18. The third-order valence-corrected chi connectivity index (χ3v) is 8.40. The first-order valence-electron chi connectivity index (χ1n) is 8.89. The molecule has 5 nitrogen and oxygen atoms in total. The van der Waals surface area contributed by atoms with E-state index in [0.717, 1.165) is 12.0 Å². The molecule has 2 aliphatic heterocycles. The topological polar surface area (TPSA) is 57.7 Å². The molecule has 2 saturated heterocycles. The number of hydrogen-bond donors (Lipinski definition) is 0. The van der Waals surface area contributed by atoms with Crippen molar-refractivity contribution in [2.24, 2.45) is 0 Å². The number of piperazine rings is 1. The van der Waals surface area contributed by atoms with Gasteiger partial charge in [0.15, 0.2) is 9.84 Å². The van der Waals surface area contributed by atoms with Crippen molar-refractivity contribution in [3.05, 3.63) is 51.2 Å². The van der Waals surface area contributed by atoms with Gasteiger partial charge in [-0.05, 0) is 42.5 Å². The number of amides is 1. The summed E-state index contributed by atoms with van der Waals surface area (Å²) in [6.45, 7) is 2.82. The molecule has 0 bridgehead atoms. The Bertz CT molecular complexity index is 959. The fraction of sp³-hybridized carbons (Fsp3) is 0.421. The van der Waals surface area contributed by atoms with E-state index >= 15 is 0 Å². The van der Waals surface area contributed by atoms with Crippen LogP contribution in [0.25, 0.3) is 0 Å². The summed E-state index contributed by atoms with van der Waals surface area (Å²) in [4.78, 5) is 17.9. The second-order valence-electron chi connectivity index (χ2n) is 7.21. The summed E-state index contributed by atoms with van der Waals surface area (Å²) >= 11 is 7.93. The fourth-order valence-electron chi connectivity index (χ4n) is 3.98. The molecule has 0 radical (unpaired) electrons. The van der Waals surface area contributed by atoms with E-state index in [2.05, 4.69) is 6.07 Å². The Morgan fingerprint density at radius 3 is 2.70 bits per heavy atom. The number of fused-ring (bicyclic) bond motifs is 1.